The summed E-state index contributed by atoms with van der Waals surface area (Å²) in [6.45, 7) is 4.31. The van der Waals surface area contributed by atoms with Crippen molar-refractivity contribution < 1.29 is 13.5 Å². The molecule has 5 heterocycles. The fraction of sp³-hybridized carbons (Fsp3) is 0.375. The highest BCUT2D eigenvalue weighted by molar-refractivity contribution is 6.31. The smallest absolute Gasteiger partial charge is 0.213 e. The van der Waals surface area contributed by atoms with Gasteiger partial charge in [0.15, 0.2) is 17.1 Å². The van der Waals surface area contributed by atoms with Gasteiger partial charge >= 0.3 is 0 Å². The Kier molecular flexibility index (Phi) is 5.18. The molecule has 0 saturated carbocycles. The normalized spacial score (nSPS) is 21.7. The standard InChI is InChI=1S/C24H22ClF2N7O/c1-13-20(28)24(12-35-13)6-9-33(10-7-24)23-30-21-17(22-29-8-11-34(22)23)16(31-32-21)5-3-14-2-4-15(26)18(25)19(14)27/h2,4,8,11,13,20H,6-7,9-10,12,28H2,1H3,(H,31,32)/t13-,20+/m0/s1. The van der Waals surface area contributed by atoms with Gasteiger partial charge in [0.2, 0.25) is 5.95 Å². The van der Waals surface area contributed by atoms with Crippen LogP contribution in [0.2, 0.25) is 5.02 Å². The molecule has 0 bridgehead atoms. The van der Waals surface area contributed by atoms with E-state index in [0.717, 1.165) is 37.9 Å². The average molecular weight is 498 g/mol. The molecule has 0 amide bonds. The minimum atomic E-state index is -0.907. The van der Waals surface area contributed by atoms with E-state index < -0.39 is 16.7 Å². The molecule has 2 aliphatic rings. The summed E-state index contributed by atoms with van der Waals surface area (Å²) in [4.78, 5) is 11.6. The van der Waals surface area contributed by atoms with Gasteiger partial charge in [-0.25, -0.2) is 13.8 Å². The van der Waals surface area contributed by atoms with Crippen LogP contribution in [0.1, 0.15) is 31.0 Å². The van der Waals surface area contributed by atoms with E-state index in [1.807, 2.05) is 17.5 Å². The second-order valence-corrected chi connectivity index (χ2v) is 9.57. The number of anilines is 1. The summed E-state index contributed by atoms with van der Waals surface area (Å²) in [7, 11) is 0. The number of aromatic amines is 1. The second kappa shape index (κ2) is 8.16. The van der Waals surface area contributed by atoms with E-state index in [1.54, 1.807) is 6.20 Å². The average Bonchev–Trinajstić information content (AvgIpc) is 3.57. The van der Waals surface area contributed by atoms with Crippen LogP contribution >= 0.6 is 11.6 Å². The zero-order valence-corrected chi connectivity index (χ0v) is 19.6. The van der Waals surface area contributed by atoms with Crippen molar-refractivity contribution >= 4 is 34.2 Å². The number of rotatable bonds is 1. The van der Waals surface area contributed by atoms with Crippen LogP contribution in [0, 0.1) is 28.9 Å². The first-order valence-electron chi connectivity index (χ1n) is 11.4. The van der Waals surface area contributed by atoms with Crippen LogP contribution in [-0.2, 0) is 4.74 Å². The summed E-state index contributed by atoms with van der Waals surface area (Å²) in [5.74, 6) is 4.54. The largest absolute Gasteiger partial charge is 0.376 e. The van der Waals surface area contributed by atoms with E-state index in [2.05, 4.69) is 31.9 Å². The molecule has 6 rings (SSSR count). The van der Waals surface area contributed by atoms with Crippen LogP contribution in [0.3, 0.4) is 0 Å². The van der Waals surface area contributed by atoms with Crippen molar-refractivity contribution in [1.82, 2.24) is 24.6 Å². The van der Waals surface area contributed by atoms with E-state index in [9.17, 15) is 8.78 Å². The quantitative estimate of drug-likeness (QED) is 0.309. The topological polar surface area (TPSA) is 97.4 Å². The van der Waals surface area contributed by atoms with Crippen LogP contribution in [0.25, 0.3) is 16.7 Å². The number of benzene rings is 1. The van der Waals surface area contributed by atoms with Crippen molar-refractivity contribution in [2.24, 2.45) is 11.1 Å². The fourth-order valence-electron chi connectivity index (χ4n) is 5.12. The Labute approximate surface area is 204 Å². The lowest BCUT2D eigenvalue weighted by Gasteiger charge is -2.41. The molecule has 1 spiro atoms. The molecule has 3 aromatic heterocycles. The SMILES string of the molecule is C[C@@H]1OCC2(CCN(c3nc4[nH]nc(C#Cc5ccc(F)c(Cl)c5F)c4c4nccn34)CC2)[C@@H]1N. The molecule has 0 unspecified atom stereocenters. The highest BCUT2D eigenvalue weighted by atomic mass is 35.5. The molecular formula is C24H22ClF2N7O. The molecule has 0 radical (unpaired) electrons. The molecule has 11 heteroatoms. The first-order valence-corrected chi connectivity index (χ1v) is 11.7. The van der Waals surface area contributed by atoms with Crippen LogP contribution in [0.15, 0.2) is 24.5 Å². The van der Waals surface area contributed by atoms with Gasteiger partial charge in [-0.15, -0.1) is 0 Å². The lowest BCUT2D eigenvalue weighted by atomic mass is 9.73. The molecule has 0 aliphatic carbocycles. The van der Waals surface area contributed by atoms with Crippen molar-refractivity contribution in [3.63, 3.8) is 0 Å². The molecular weight excluding hydrogens is 476 g/mol. The molecule has 4 aromatic rings. The van der Waals surface area contributed by atoms with Gasteiger partial charge in [0.05, 0.1) is 23.7 Å². The van der Waals surface area contributed by atoms with Crippen molar-refractivity contribution in [3.05, 3.63) is 52.4 Å². The van der Waals surface area contributed by atoms with Crippen LogP contribution in [0.4, 0.5) is 14.7 Å². The number of hydrogen-bond donors (Lipinski definition) is 2. The summed E-state index contributed by atoms with van der Waals surface area (Å²) in [6.07, 6.45) is 5.44. The molecule has 2 fully saturated rings. The predicted octanol–water partition coefficient (Wildman–Crippen LogP) is 3.27. The molecule has 180 valence electrons. The Bertz CT molecular complexity index is 1510. The van der Waals surface area contributed by atoms with Crippen LogP contribution in [0.5, 0.6) is 0 Å². The number of piperidine rings is 1. The fourth-order valence-corrected chi connectivity index (χ4v) is 5.28. The van der Waals surface area contributed by atoms with E-state index >= 15 is 0 Å². The molecule has 35 heavy (non-hydrogen) atoms. The van der Waals surface area contributed by atoms with Gasteiger partial charge in [-0.05, 0) is 37.8 Å². The lowest BCUT2D eigenvalue weighted by molar-refractivity contribution is 0.0973. The Hall–Kier alpha value is -3.26. The van der Waals surface area contributed by atoms with Gasteiger partial charge in [-0.2, -0.15) is 10.1 Å². The Balaban J connectivity index is 1.35. The van der Waals surface area contributed by atoms with E-state index in [0.29, 0.717) is 29.0 Å². The van der Waals surface area contributed by atoms with Gasteiger partial charge in [0.1, 0.15) is 16.5 Å². The molecule has 3 N–H and O–H groups in total. The number of nitrogens with two attached hydrogens (primary N) is 1. The van der Waals surface area contributed by atoms with Gasteiger partial charge in [0.25, 0.3) is 0 Å². The molecule has 2 saturated heterocycles. The monoisotopic (exact) mass is 497 g/mol. The van der Waals surface area contributed by atoms with Gasteiger partial charge in [-0.1, -0.05) is 17.5 Å². The molecule has 1 aromatic carbocycles. The minimum absolute atomic E-state index is 0.00332. The van der Waals surface area contributed by atoms with E-state index in [1.165, 1.54) is 6.07 Å². The van der Waals surface area contributed by atoms with Gasteiger partial charge in [0, 0.05) is 36.9 Å². The molecule has 2 atom stereocenters. The third-order valence-corrected chi connectivity index (χ3v) is 7.62. The number of nitrogens with one attached hydrogen (secondary N) is 1. The number of hydrogen-bond acceptors (Lipinski definition) is 6. The number of fused-ring (bicyclic) bond motifs is 3. The summed E-state index contributed by atoms with van der Waals surface area (Å²) < 4.78 is 35.5. The maximum absolute atomic E-state index is 14.3. The Morgan fingerprint density at radius 3 is 2.80 bits per heavy atom. The number of nitrogens with zero attached hydrogens (tertiary/aromatic N) is 5. The number of aromatic nitrogens is 5. The Morgan fingerprint density at radius 1 is 1.26 bits per heavy atom. The summed E-state index contributed by atoms with van der Waals surface area (Å²) >= 11 is 5.67. The number of imidazole rings is 1. The van der Waals surface area contributed by atoms with E-state index in [4.69, 9.17) is 27.1 Å². The maximum Gasteiger partial charge on any atom is 0.213 e. The maximum atomic E-state index is 14.3. The third kappa shape index (κ3) is 3.45. The second-order valence-electron chi connectivity index (χ2n) is 9.19. The molecule has 2 aliphatic heterocycles. The van der Waals surface area contributed by atoms with Crippen molar-refractivity contribution in [2.75, 3.05) is 24.6 Å². The summed E-state index contributed by atoms with van der Waals surface area (Å²) in [5.41, 5.74) is 7.96. The van der Waals surface area contributed by atoms with Gasteiger partial charge < -0.3 is 15.4 Å². The summed E-state index contributed by atoms with van der Waals surface area (Å²) in [6, 6.07) is 2.35. The van der Waals surface area contributed by atoms with Crippen molar-refractivity contribution in [3.8, 4) is 11.8 Å². The first-order chi connectivity index (χ1) is 16.9. The number of halogens is 3. The first kappa shape index (κ1) is 22.2. The zero-order chi connectivity index (χ0) is 24.3. The molecule has 8 nitrogen and oxygen atoms in total. The number of ether oxygens (including phenoxy) is 1. The highest BCUT2D eigenvalue weighted by Gasteiger charge is 2.47. The third-order valence-electron chi connectivity index (χ3n) is 7.28. The van der Waals surface area contributed by atoms with Crippen molar-refractivity contribution in [1.29, 1.82) is 0 Å². The lowest BCUT2D eigenvalue weighted by Crippen LogP contribution is -2.51. The van der Waals surface area contributed by atoms with Gasteiger partial charge in [-0.3, -0.25) is 9.50 Å². The van der Waals surface area contributed by atoms with Crippen LogP contribution < -0.4 is 10.6 Å². The Morgan fingerprint density at radius 2 is 2.06 bits per heavy atom. The van der Waals surface area contributed by atoms with E-state index in [-0.39, 0.29) is 23.1 Å². The number of H-pyrrole nitrogens is 1. The van der Waals surface area contributed by atoms with Crippen molar-refractivity contribution in [2.45, 2.75) is 31.9 Å². The summed E-state index contributed by atoms with van der Waals surface area (Å²) in [5, 5.41) is 7.23. The van der Waals surface area contributed by atoms with Crippen LogP contribution in [-0.4, -0.2) is 56.4 Å². The predicted molar refractivity (Wildman–Crippen MR) is 127 cm³/mol. The zero-order valence-electron chi connectivity index (χ0n) is 18.9. The minimum Gasteiger partial charge on any atom is -0.376 e. The highest BCUT2D eigenvalue weighted by Crippen LogP contribution is 2.42.